The predicted molar refractivity (Wildman–Crippen MR) is 89.2 cm³/mol. The zero-order valence-corrected chi connectivity index (χ0v) is 13.8. The van der Waals surface area contributed by atoms with E-state index in [4.69, 9.17) is 4.74 Å². The summed E-state index contributed by atoms with van der Waals surface area (Å²) in [5.74, 6) is 1.87. The van der Waals surface area contributed by atoms with Crippen molar-refractivity contribution < 1.29 is 9.53 Å². The van der Waals surface area contributed by atoms with Gasteiger partial charge >= 0.3 is 0 Å². The Bertz CT molecular complexity index is 468. The summed E-state index contributed by atoms with van der Waals surface area (Å²) in [7, 11) is 1.68. The number of methoxy groups -OCH3 is 1. The van der Waals surface area contributed by atoms with Crippen molar-refractivity contribution in [3.05, 3.63) is 29.8 Å². The van der Waals surface area contributed by atoms with Crippen molar-refractivity contribution in [2.24, 2.45) is 5.92 Å². The van der Waals surface area contributed by atoms with Crippen molar-refractivity contribution in [2.75, 3.05) is 33.3 Å². The fourth-order valence-corrected chi connectivity index (χ4v) is 2.88. The minimum absolute atomic E-state index is 0.147. The molecular formula is C18H28N2O2. The van der Waals surface area contributed by atoms with E-state index in [0.29, 0.717) is 13.0 Å². The molecule has 0 bridgehead atoms. The molecule has 1 fully saturated rings. The number of hydrogen-bond donors (Lipinski definition) is 1. The minimum atomic E-state index is 0.147. The molecule has 1 saturated heterocycles. The number of rotatable bonds is 7. The average Bonchev–Trinajstić information content (AvgIpc) is 2.55. The first-order valence-corrected chi connectivity index (χ1v) is 8.30. The second-order valence-electron chi connectivity index (χ2n) is 6.19. The molecule has 0 aliphatic carbocycles. The van der Waals surface area contributed by atoms with Gasteiger partial charge in [-0.1, -0.05) is 25.1 Å². The molecule has 1 aromatic carbocycles. The van der Waals surface area contributed by atoms with Crippen LogP contribution in [0.2, 0.25) is 0 Å². The van der Waals surface area contributed by atoms with Crippen molar-refractivity contribution in [3.63, 3.8) is 0 Å². The number of likely N-dealkylation sites (tertiary alicyclic amines) is 1. The van der Waals surface area contributed by atoms with E-state index in [-0.39, 0.29) is 5.91 Å². The van der Waals surface area contributed by atoms with Gasteiger partial charge in [0.05, 0.1) is 7.11 Å². The van der Waals surface area contributed by atoms with E-state index >= 15 is 0 Å². The third-order valence-corrected chi connectivity index (χ3v) is 4.44. The molecule has 0 unspecified atom stereocenters. The molecule has 0 radical (unpaired) electrons. The van der Waals surface area contributed by atoms with Crippen molar-refractivity contribution >= 4 is 5.91 Å². The van der Waals surface area contributed by atoms with Crippen LogP contribution in [0.1, 0.15) is 31.7 Å². The van der Waals surface area contributed by atoms with Crippen LogP contribution in [0.3, 0.4) is 0 Å². The highest BCUT2D eigenvalue weighted by molar-refractivity contribution is 5.76. The second-order valence-corrected chi connectivity index (χ2v) is 6.19. The van der Waals surface area contributed by atoms with Crippen molar-refractivity contribution in [3.8, 4) is 5.75 Å². The Hall–Kier alpha value is -1.55. The molecule has 4 heteroatoms. The Balaban J connectivity index is 1.63. The van der Waals surface area contributed by atoms with Gasteiger partial charge in [0, 0.05) is 19.5 Å². The first-order chi connectivity index (χ1) is 10.7. The van der Waals surface area contributed by atoms with E-state index in [9.17, 15) is 4.79 Å². The lowest BCUT2D eigenvalue weighted by atomic mass is 9.99. The summed E-state index contributed by atoms with van der Waals surface area (Å²) in [6.45, 7) is 6.12. The van der Waals surface area contributed by atoms with E-state index in [0.717, 1.165) is 43.3 Å². The monoisotopic (exact) mass is 304 g/mol. The summed E-state index contributed by atoms with van der Waals surface area (Å²) in [4.78, 5) is 14.3. The Morgan fingerprint density at radius 3 is 2.77 bits per heavy atom. The zero-order valence-electron chi connectivity index (χ0n) is 13.8. The Morgan fingerprint density at radius 2 is 2.05 bits per heavy atom. The van der Waals surface area contributed by atoms with Gasteiger partial charge in [-0.05, 0) is 49.9 Å². The molecule has 1 aliphatic heterocycles. The number of nitrogens with zero attached hydrogens (tertiary/aromatic N) is 1. The molecular weight excluding hydrogens is 276 g/mol. The number of amides is 1. The van der Waals surface area contributed by atoms with Gasteiger partial charge in [0.25, 0.3) is 0 Å². The third-order valence-electron chi connectivity index (χ3n) is 4.44. The smallest absolute Gasteiger partial charge is 0.221 e. The van der Waals surface area contributed by atoms with Crippen LogP contribution >= 0.6 is 0 Å². The molecule has 1 N–H and O–H groups in total. The van der Waals surface area contributed by atoms with E-state index in [1.165, 1.54) is 12.8 Å². The van der Waals surface area contributed by atoms with Gasteiger partial charge in [-0.3, -0.25) is 4.79 Å². The van der Waals surface area contributed by atoms with Crippen LogP contribution in [-0.2, 0) is 11.2 Å². The maximum Gasteiger partial charge on any atom is 0.221 e. The standard InChI is InChI=1S/C18H28N2O2/c1-15-8-12-20(13-9-15)14-10-18(21)19-11-7-16-5-3-4-6-17(16)22-2/h3-6,15H,7-14H2,1-2H3,(H,19,21). The number of hydrogen-bond acceptors (Lipinski definition) is 3. The highest BCUT2D eigenvalue weighted by Gasteiger charge is 2.16. The Labute approximate surface area is 133 Å². The molecule has 122 valence electrons. The molecule has 1 aromatic rings. The molecule has 4 nitrogen and oxygen atoms in total. The number of nitrogens with one attached hydrogen (secondary N) is 1. The first-order valence-electron chi connectivity index (χ1n) is 8.30. The molecule has 1 heterocycles. The predicted octanol–water partition coefficient (Wildman–Crippen LogP) is 2.48. The van der Waals surface area contributed by atoms with Crippen LogP contribution in [0.25, 0.3) is 0 Å². The number of para-hydroxylation sites is 1. The summed E-state index contributed by atoms with van der Waals surface area (Å²) in [6.07, 6.45) is 3.92. The van der Waals surface area contributed by atoms with Gasteiger partial charge in [-0.15, -0.1) is 0 Å². The molecule has 0 saturated carbocycles. The summed E-state index contributed by atoms with van der Waals surface area (Å²) < 4.78 is 5.32. The van der Waals surface area contributed by atoms with Gasteiger partial charge in [0.15, 0.2) is 0 Å². The maximum atomic E-state index is 11.9. The van der Waals surface area contributed by atoms with Crippen molar-refractivity contribution in [2.45, 2.75) is 32.6 Å². The normalized spacial score (nSPS) is 16.5. The Kier molecular flexibility index (Phi) is 6.72. The zero-order chi connectivity index (χ0) is 15.8. The quantitative estimate of drug-likeness (QED) is 0.841. The van der Waals surface area contributed by atoms with E-state index in [2.05, 4.69) is 17.1 Å². The topological polar surface area (TPSA) is 41.6 Å². The van der Waals surface area contributed by atoms with Crippen LogP contribution in [-0.4, -0.2) is 44.1 Å². The largest absolute Gasteiger partial charge is 0.496 e. The minimum Gasteiger partial charge on any atom is -0.496 e. The van der Waals surface area contributed by atoms with Crippen LogP contribution in [0.5, 0.6) is 5.75 Å². The highest BCUT2D eigenvalue weighted by Crippen LogP contribution is 2.17. The number of ether oxygens (including phenoxy) is 1. The van der Waals surface area contributed by atoms with Gasteiger partial charge in [0.1, 0.15) is 5.75 Å². The Morgan fingerprint density at radius 1 is 1.32 bits per heavy atom. The number of piperidine rings is 1. The molecule has 0 spiro atoms. The maximum absolute atomic E-state index is 11.9. The van der Waals surface area contributed by atoms with Crippen LogP contribution in [0.15, 0.2) is 24.3 Å². The third kappa shape index (κ3) is 5.34. The SMILES string of the molecule is COc1ccccc1CCNC(=O)CCN1CCC(C)CC1. The van der Waals surface area contributed by atoms with Crippen LogP contribution in [0.4, 0.5) is 0 Å². The molecule has 2 rings (SSSR count). The lowest BCUT2D eigenvalue weighted by Crippen LogP contribution is -2.36. The van der Waals surface area contributed by atoms with Crippen molar-refractivity contribution in [1.29, 1.82) is 0 Å². The summed E-state index contributed by atoms with van der Waals surface area (Å²) >= 11 is 0. The van der Waals surface area contributed by atoms with Gasteiger partial charge in [-0.2, -0.15) is 0 Å². The molecule has 0 atom stereocenters. The molecule has 22 heavy (non-hydrogen) atoms. The first kappa shape index (κ1) is 16.8. The summed E-state index contributed by atoms with van der Waals surface area (Å²) in [5.41, 5.74) is 1.13. The van der Waals surface area contributed by atoms with Gasteiger partial charge < -0.3 is 15.0 Å². The van der Waals surface area contributed by atoms with Gasteiger partial charge in [0.2, 0.25) is 5.91 Å². The molecule has 1 amide bonds. The van der Waals surface area contributed by atoms with E-state index in [1.807, 2.05) is 24.3 Å². The van der Waals surface area contributed by atoms with Crippen LogP contribution < -0.4 is 10.1 Å². The van der Waals surface area contributed by atoms with Gasteiger partial charge in [-0.25, -0.2) is 0 Å². The van der Waals surface area contributed by atoms with Crippen LogP contribution in [0, 0.1) is 5.92 Å². The lowest BCUT2D eigenvalue weighted by Gasteiger charge is -2.29. The number of benzene rings is 1. The second kappa shape index (κ2) is 8.79. The lowest BCUT2D eigenvalue weighted by molar-refractivity contribution is -0.121. The van der Waals surface area contributed by atoms with Crippen molar-refractivity contribution in [1.82, 2.24) is 10.2 Å². The summed E-state index contributed by atoms with van der Waals surface area (Å²) in [6, 6.07) is 7.95. The number of carbonyl (C=O) groups is 1. The molecule has 0 aromatic heterocycles. The fraction of sp³-hybridized carbons (Fsp3) is 0.611. The number of carbonyl (C=O) groups excluding carboxylic acids is 1. The fourth-order valence-electron chi connectivity index (χ4n) is 2.88. The average molecular weight is 304 g/mol. The summed E-state index contributed by atoms with van der Waals surface area (Å²) in [5, 5.41) is 3.01. The highest BCUT2D eigenvalue weighted by atomic mass is 16.5. The van der Waals surface area contributed by atoms with E-state index < -0.39 is 0 Å². The van der Waals surface area contributed by atoms with E-state index in [1.54, 1.807) is 7.11 Å². The molecule has 1 aliphatic rings.